The van der Waals surface area contributed by atoms with Crippen LogP contribution >= 0.6 is 0 Å². The van der Waals surface area contributed by atoms with Crippen molar-refractivity contribution >= 4 is 23.2 Å². The summed E-state index contributed by atoms with van der Waals surface area (Å²) >= 11 is 0. The summed E-state index contributed by atoms with van der Waals surface area (Å²) in [6.45, 7) is 0.999. The number of azo groups is 1. The molecule has 2 heterocycles. The van der Waals surface area contributed by atoms with Crippen LogP contribution in [0.5, 0.6) is 0 Å². The number of H-pyrrole nitrogens is 1. The Morgan fingerprint density at radius 2 is 1.62 bits per heavy atom. The Kier molecular flexibility index (Phi) is 8.71. The Bertz CT molecular complexity index is 1430. The summed E-state index contributed by atoms with van der Waals surface area (Å²) in [6.07, 6.45) is 5.92. The van der Waals surface area contributed by atoms with E-state index in [9.17, 15) is 14.4 Å². The van der Waals surface area contributed by atoms with Gasteiger partial charge in [0.2, 0.25) is 11.5 Å². The second-order valence-electron chi connectivity index (χ2n) is 10.6. The topological polar surface area (TPSA) is 142 Å². The van der Waals surface area contributed by atoms with Gasteiger partial charge in [-0.2, -0.15) is 5.11 Å². The van der Waals surface area contributed by atoms with Crippen molar-refractivity contribution < 1.29 is 9.59 Å². The molecule has 4 N–H and O–H groups in total. The molecule has 1 atom stereocenters. The van der Waals surface area contributed by atoms with Crippen LogP contribution in [0.3, 0.4) is 0 Å². The quantitative estimate of drug-likeness (QED) is 0.343. The fourth-order valence-electron chi connectivity index (χ4n) is 5.42. The molecule has 9 nitrogen and oxygen atoms in total. The van der Waals surface area contributed by atoms with Crippen molar-refractivity contribution in [2.75, 3.05) is 18.5 Å². The predicted octanol–water partition coefficient (Wildman–Crippen LogP) is 4.73. The zero-order valence-electron chi connectivity index (χ0n) is 22.4. The van der Waals surface area contributed by atoms with Gasteiger partial charge in [0.1, 0.15) is 5.78 Å². The largest absolute Gasteiger partial charge is 0.330 e. The van der Waals surface area contributed by atoms with Crippen LogP contribution in [0.25, 0.3) is 11.1 Å². The third kappa shape index (κ3) is 6.84. The molecule has 1 aliphatic heterocycles. The molecule has 206 valence electrons. The van der Waals surface area contributed by atoms with Gasteiger partial charge in [-0.25, -0.2) is 4.99 Å². The van der Waals surface area contributed by atoms with Crippen molar-refractivity contribution in [3.8, 4) is 11.1 Å². The number of nitrogens with zero attached hydrogens (tertiary/aromatic N) is 3. The third-order valence-electron chi connectivity index (χ3n) is 7.87. The van der Waals surface area contributed by atoms with Gasteiger partial charge in [-0.3, -0.25) is 14.4 Å². The van der Waals surface area contributed by atoms with Gasteiger partial charge in [0.25, 0.3) is 0 Å². The zero-order valence-corrected chi connectivity index (χ0v) is 22.4. The standard InChI is InChI=1S/C31H34N6O3/c32-17-21-3-7-23(8-4-21)28(38)16-26(15-20-1-5-22(6-2-20)25-11-14-29(39)33-18-25)31(40)36-27-12-9-24(10-13-27)30-34-19-35-37-30/h1-2,5-6,9-14,18,21,23,26H,3-4,7-8,15-17,19,32H2,(H,33,39)(H,36,40)/t21?,23?,26-/m1/s1. The van der Waals surface area contributed by atoms with E-state index < -0.39 is 5.92 Å². The van der Waals surface area contributed by atoms with Gasteiger partial charge in [-0.15, -0.1) is 5.11 Å². The molecule has 2 aliphatic rings. The van der Waals surface area contributed by atoms with Gasteiger partial charge < -0.3 is 16.0 Å². The number of aromatic amines is 1. The van der Waals surface area contributed by atoms with Crippen LogP contribution in [0.1, 0.15) is 43.2 Å². The van der Waals surface area contributed by atoms with E-state index in [4.69, 9.17) is 5.73 Å². The van der Waals surface area contributed by atoms with Crippen LogP contribution in [0.2, 0.25) is 0 Å². The molecular formula is C31H34N6O3. The lowest BCUT2D eigenvalue weighted by Crippen LogP contribution is -2.31. The fraction of sp³-hybridized carbons (Fsp3) is 0.355. The molecule has 0 radical (unpaired) electrons. The average Bonchev–Trinajstić information content (AvgIpc) is 3.53. The molecule has 1 fully saturated rings. The van der Waals surface area contributed by atoms with Crippen molar-refractivity contribution in [1.82, 2.24) is 4.98 Å². The number of hydrogen-bond acceptors (Lipinski definition) is 7. The summed E-state index contributed by atoms with van der Waals surface area (Å²) in [6, 6.07) is 18.5. The number of aromatic nitrogens is 1. The lowest BCUT2D eigenvalue weighted by molar-refractivity contribution is -0.129. The number of amides is 1. The maximum Gasteiger partial charge on any atom is 0.247 e. The number of nitrogens with one attached hydrogen (secondary N) is 2. The van der Waals surface area contributed by atoms with E-state index in [-0.39, 0.29) is 29.6 Å². The van der Waals surface area contributed by atoms with Crippen molar-refractivity contribution in [2.45, 2.75) is 38.5 Å². The highest BCUT2D eigenvalue weighted by Crippen LogP contribution is 2.31. The second-order valence-corrected chi connectivity index (χ2v) is 10.6. The summed E-state index contributed by atoms with van der Waals surface area (Å²) in [5.74, 6) is 0.521. The van der Waals surface area contributed by atoms with E-state index in [1.165, 1.54) is 6.07 Å². The SMILES string of the molecule is NCC1CCC(C(=O)C[C@@H](Cc2ccc(-c3ccc(=O)[nH]c3)cc2)C(=O)Nc2ccc(C3=NCN=N3)cc2)CC1. The van der Waals surface area contributed by atoms with Gasteiger partial charge in [0, 0.05) is 41.8 Å². The van der Waals surface area contributed by atoms with E-state index in [2.05, 4.69) is 25.5 Å². The minimum atomic E-state index is -0.508. The molecule has 5 rings (SSSR count). The van der Waals surface area contributed by atoms with Crippen LogP contribution in [0.4, 0.5) is 5.69 Å². The zero-order chi connectivity index (χ0) is 27.9. The number of benzene rings is 2. The first-order valence-corrected chi connectivity index (χ1v) is 13.8. The predicted molar refractivity (Wildman–Crippen MR) is 155 cm³/mol. The number of rotatable bonds is 10. The third-order valence-corrected chi connectivity index (χ3v) is 7.87. The summed E-state index contributed by atoms with van der Waals surface area (Å²) in [5, 5.41) is 10.9. The number of pyridine rings is 1. The number of carbonyl (C=O) groups is 2. The van der Waals surface area contributed by atoms with E-state index in [1.54, 1.807) is 12.3 Å². The van der Waals surface area contributed by atoms with Gasteiger partial charge in [-0.1, -0.05) is 24.3 Å². The lowest BCUT2D eigenvalue weighted by Gasteiger charge is -2.27. The summed E-state index contributed by atoms with van der Waals surface area (Å²) < 4.78 is 0. The molecule has 1 amide bonds. The van der Waals surface area contributed by atoms with Gasteiger partial charge >= 0.3 is 0 Å². The maximum atomic E-state index is 13.5. The number of hydrogen-bond donors (Lipinski definition) is 3. The second kappa shape index (κ2) is 12.7. The number of ketones is 1. The van der Waals surface area contributed by atoms with E-state index >= 15 is 0 Å². The van der Waals surface area contributed by atoms with Crippen molar-refractivity contribution in [1.29, 1.82) is 0 Å². The Labute approximate surface area is 233 Å². The van der Waals surface area contributed by atoms with Crippen molar-refractivity contribution in [2.24, 2.45) is 38.7 Å². The highest BCUT2D eigenvalue weighted by molar-refractivity contribution is 6.01. The van der Waals surface area contributed by atoms with Crippen LogP contribution in [0, 0.1) is 17.8 Å². The first-order valence-electron chi connectivity index (χ1n) is 13.8. The monoisotopic (exact) mass is 538 g/mol. The number of aliphatic imine (C=N–C) groups is 1. The minimum Gasteiger partial charge on any atom is -0.330 e. The van der Waals surface area contributed by atoms with Crippen LogP contribution in [-0.4, -0.2) is 35.7 Å². The molecule has 1 saturated carbocycles. The van der Waals surface area contributed by atoms with Gasteiger partial charge in [0.15, 0.2) is 12.5 Å². The maximum absolute atomic E-state index is 13.5. The highest BCUT2D eigenvalue weighted by atomic mass is 16.2. The molecular weight excluding hydrogens is 504 g/mol. The molecule has 1 aliphatic carbocycles. The Morgan fingerprint density at radius 3 is 2.25 bits per heavy atom. The van der Waals surface area contributed by atoms with Crippen molar-refractivity contribution in [3.05, 3.63) is 88.3 Å². The molecule has 1 aromatic heterocycles. The molecule has 3 aromatic rings. The van der Waals surface area contributed by atoms with Crippen molar-refractivity contribution in [3.63, 3.8) is 0 Å². The minimum absolute atomic E-state index is 0.0126. The number of anilines is 1. The fourth-order valence-corrected chi connectivity index (χ4v) is 5.42. The van der Waals surface area contributed by atoms with E-state index in [1.807, 2.05) is 48.5 Å². The molecule has 0 spiro atoms. The molecule has 2 aromatic carbocycles. The Morgan fingerprint density at radius 1 is 0.925 bits per heavy atom. The van der Waals surface area contributed by atoms with Crippen LogP contribution < -0.4 is 16.6 Å². The Balaban J connectivity index is 1.29. The van der Waals surface area contributed by atoms with E-state index in [0.717, 1.165) is 47.9 Å². The van der Waals surface area contributed by atoms with Gasteiger partial charge in [0.05, 0.1) is 0 Å². The summed E-state index contributed by atoms with van der Waals surface area (Å²) in [4.78, 5) is 45.2. The Hall–Kier alpha value is -4.24. The summed E-state index contributed by atoms with van der Waals surface area (Å²) in [7, 11) is 0. The normalized spacial score (nSPS) is 19.2. The smallest absolute Gasteiger partial charge is 0.247 e. The number of nitrogens with two attached hydrogens (primary N) is 1. The number of amidine groups is 1. The van der Waals surface area contributed by atoms with Crippen LogP contribution in [-0.2, 0) is 16.0 Å². The number of Topliss-reactive ketones (excluding diaryl/α,β-unsaturated/α-hetero) is 1. The van der Waals surface area contributed by atoms with E-state index in [0.29, 0.717) is 37.1 Å². The molecule has 40 heavy (non-hydrogen) atoms. The molecule has 0 bridgehead atoms. The summed E-state index contributed by atoms with van der Waals surface area (Å²) in [5.41, 5.74) is 9.99. The highest BCUT2D eigenvalue weighted by Gasteiger charge is 2.30. The van der Waals surface area contributed by atoms with Crippen LogP contribution in [0.15, 0.2) is 86.9 Å². The average molecular weight is 539 g/mol. The lowest BCUT2D eigenvalue weighted by atomic mass is 9.77. The van der Waals surface area contributed by atoms with Gasteiger partial charge in [-0.05, 0) is 91.6 Å². The molecule has 0 saturated heterocycles. The molecule has 9 heteroatoms. The first kappa shape index (κ1) is 27.3. The molecule has 0 unspecified atom stereocenters. The number of carbonyl (C=O) groups excluding carboxylic acids is 2. The first-order chi connectivity index (χ1) is 19.5.